The molecule has 0 radical (unpaired) electrons. The fourth-order valence-electron chi connectivity index (χ4n) is 2.19. The van der Waals surface area contributed by atoms with Crippen LogP contribution >= 0.6 is 0 Å². The third kappa shape index (κ3) is 3.17. The molecule has 0 amide bonds. The monoisotopic (exact) mass is 274 g/mol. The van der Waals surface area contributed by atoms with Crippen LogP contribution in [-0.4, -0.2) is 28.6 Å². The van der Waals surface area contributed by atoms with E-state index in [-0.39, 0.29) is 0 Å². The van der Waals surface area contributed by atoms with Crippen molar-refractivity contribution in [2.45, 2.75) is 33.4 Å². The lowest BCUT2D eigenvalue weighted by atomic mass is 10.1. The number of methoxy groups -OCH3 is 1. The Morgan fingerprint density at radius 2 is 2.15 bits per heavy atom. The van der Waals surface area contributed by atoms with E-state index in [0.717, 1.165) is 48.6 Å². The van der Waals surface area contributed by atoms with E-state index >= 15 is 0 Å². The van der Waals surface area contributed by atoms with Gasteiger partial charge < -0.3 is 10.1 Å². The van der Waals surface area contributed by atoms with Crippen molar-refractivity contribution < 1.29 is 4.74 Å². The molecule has 0 unspecified atom stereocenters. The van der Waals surface area contributed by atoms with Gasteiger partial charge in [-0.25, -0.2) is 4.68 Å². The van der Waals surface area contributed by atoms with Gasteiger partial charge in [-0.2, -0.15) is 0 Å². The molecule has 0 aliphatic heterocycles. The Labute approximate surface area is 120 Å². The Bertz CT molecular complexity index is 551. The smallest absolute Gasteiger partial charge is 0.123 e. The minimum absolute atomic E-state index is 0.795. The minimum Gasteiger partial charge on any atom is -0.496 e. The van der Waals surface area contributed by atoms with Crippen LogP contribution in [0.4, 0.5) is 0 Å². The highest BCUT2D eigenvalue weighted by molar-refractivity contribution is 5.61. The fraction of sp³-hybridized carbons (Fsp3) is 0.467. The molecule has 1 aromatic heterocycles. The van der Waals surface area contributed by atoms with Crippen LogP contribution in [0.5, 0.6) is 5.75 Å². The number of hydrogen-bond acceptors (Lipinski definition) is 4. The third-order valence-electron chi connectivity index (χ3n) is 3.19. The second kappa shape index (κ2) is 7.05. The van der Waals surface area contributed by atoms with Crippen LogP contribution in [0.3, 0.4) is 0 Å². The van der Waals surface area contributed by atoms with Crippen molar-refractivity contribution >= 4 is 0 Å². The molecule has 1 N–H and O–H groups in total. The van der Waals surface area contributed by atoms with Crippen molar-refractivity contribution in [3.63, 3.8) is 0 Å². The summed E-state index contributed by atoms with van der Waals surface area (Å²) >= 11 is 0. The molecule has 20 heavy (non-hydrogen) atoms. The molecule has 0 saturated carbocycles. The Morgan fingerprint density at radius 3 is 2.85 bits per heavy atom. The first-order valence-electron chi connectivity index (χ1n) is 7.06. The van der Waals surface area contributed by atoms with Gasteiger partial charge in [-0.15, -0.1) is 5.10 Å². The highest BCUT2D eigenvalue weighted by atomic mass is 16.5. The average Bonchev–Trinajstić information content (AvgIpc) is 2.93. The molecule has 0 aliphatic carbocycles. The largest absolute Gasteiger partial charge is 0.496 e. The Hall–Kier alpha value is -1.88. The molecule has 0 atom stereocenters. The maximum atomic E-state index is 5.41. The number of aromatic nitrogens is 3. The molecule has 0 saturated heterocycles. The van der Waals surface area contributed by atoms with E-state index in [1.807, 2.05) is 16.9 Å². The molecule has 2 aromatic rings. The first-order chi connectivity index (χ1) is 9.80. The summed E-state index contributed by atoms with van der Waals surface area (Å²) in [6.45, 7) is 6.84. The fourth-order valence-corrected chi connectivity index (χ4v) is 2.19. The van der Waals surface area contributed by atoms with Crippen LogP contribution in [0.1, 0.15) is 25.8 Å². The summed E-state index contributed by atoms with van der Waals surface area (Å²) in [5.74, 6) is 0.907. The van der Waals surface area contributed by atoms with Crippen molar-refractivity contribution in [3.05, 3.63) is 30.0 Å². The van der Waals surface area contributed by atoms with Crippen LogP contribution in [0.2, 0.25) is 0 Å². The van der Waals surface area contributed by atoms with Crippen molar-refractivity contribution in [2.75, 3.05) is 13.7 Å². The number of benzene rings is 1. The zero-order valence-electron chi connectivity index (χ0n) is 12.4. The molecule has 2 rings (SSSR count). The summed E-state index contributed by atoms with van der Waals surface area (Å²) in [6, 6.07) is 6.21. The highest BCUT2D eigenvalue weighted by Gasteiger charge is 2.10. The number of aryl methyl sites for hydroxylation is 1. The van der Waals surface area contributed by atoms with Crippen molar-refractivity contribution in [3.8, 4) is 17.0 Å². The maximum Gasteiger partial charge on any atom is 0.123 e. The van der Waals surface area contributed by atoms with Crippen LogP contribution in [-0.2, 0) is 13.1 Å². The average molecular weight is 274 g/mol. The number of rotatable bonds is 7. The van der Waals surface area contributed by atoms with Crippen LogP contribution in [0.25, 0.3) is 11.3 Å². The normalized spacial score (nSPS) is 10.8. The van der Waals surface area contributed by atoms with Crippen LogP contribution in [0.15, 0.2) is 24.4 Å². The predicted molar refractivity (Wildman–Crippen MR) is 79.7 cm³/mol. The lowest BCUT2D eigenvalue weighted by molar-refractivity contribution is 0.408. The van der Waals surface area contributed by atoms with Gasteiger partial charge in [-0.1, -0.05) is 19.1 Å². The molecule has 0 bridgehead atoms. The lowest BCUT2D eigenvalue weighted by Gasteiger charge is -2.12. The summed E-state index contributed by atoms with van der Waals surface area (Å²) in [5.41, 5.74) is 3.32. The van der Waals surface area contributed by atoms with Gasteiger partial charge in [0.1, 0.15) is 5.75 Å². The molecule has 5 heteroatoms. The zero-order chi connectivity index (χ0) is 14.4. The standard InChI is InChI=1S/C15H22N4O/c1-4-8-19-14(11-17-18-19)12-6-7-15(20-3)13(9-12)10-16-5-2/h6-7,9,11,16H,4-5,8,10H2,1-3H3. The predicted octanol–water partition coefficient (Wildman–Crippen LogP) is 2.47. The quantitative estimate of drug-likeness (QED) is 0.842. The van der Waals surface area contributed by atoms with Gasteiger partial charge in [0.05, 0.1) is 19.0 Å². The Balaban J connectivity index is 2.34. The second-order valence-corrected chi connectivity index (χ2v) is 4.65. The van der Waals surface area contributed by atoms with Gasteiger partial charge in [0.15, 0.2) is 0 Å². The van der Waals surface area contributed by atoms with E-state index in [1.54, 1.807) is 7.11 Å². The van der Waals surface area contributed by atoms with Gasteiger partial charge in [0.25, 0.3) is 0 Å². The van der Waals surface area contributed by atoms with Gasteiger partial charge in [0.2, 0.25) is 0 Å². The summed E-state index contributed by atoms with van der Waals surface area (Å²) in [4.78, 5) is 0. The van der Waals surface area contributed by atoms with E-state index in [0.29, 0.717) is 0 Å². The summed E-state index contributed by atoms with van der Waals surface area (Å²) < 4.78 is 7.36. The van der Waals surface area contributed by atoms with E-state index in [1.165, 1.54) is 0 Å². The summed E-state index contributed by atoms with van der Waals surface area (Å²) in [5, 5.41) is 11.5. The van der Waals surface area contributed by atoms with E-state index in [9.17, 15) is 0 Å². The molecule has 5 nitrogen and oxygen atoms in total. The van der Waals surface area contributed by atoms with Crippen LogP contribution in [0, 0.1) is 0 Å². The van der Waals surface area contributed by atoms with Gasteiger partial charge in [0, 0.05) is 24.2 Å². The van der Waals surface area contributed by atoms with Gasteiger partial charge in [-0.3, -0.25) is 0 Å². The first-order valence-corrected chi connectivity index (χ1v) is 7.06. The SMILES string of the molecule is CCCn1nncc1-c1ccc(OC)c(CNCC)c1. The Kier molecular flexibility index (Phi) is 5.12. The number of hydrogen-bond donors (Lipinski definition) is 1. The zero-order valence-corrected chi connectivity index (χ0v) is 12.4. The summed E-state index contributed by atoms with van der Waals surface area (Å²) in [6.07, 6.45) is 2.85. The molecule has 1 aromatic carbocycles. The first kappa shape index (κ1) is 14.5. The van der Waals surface area contributed by atoms with E-state index in [2.05, 4.69) is 41.6 Å². The molecule has 1 heterocycles. The number of ether oxygens (including phenoxy) is 1. The number of nitrogens with zero attached hydrogens (tertiary/aromatic N) is 3. The lowest BCUT2D eigenvalue weighted by Crippen LogP contribution is -2.12. The van der Waals surface area contributed by atoms with Crippen molar-refractivity contribution in [2.24, 2.45) is 0 Å². The molecular weight excluding hydrogens is 252 g/mol. The molecule has 0 spiro atoms. The van der Waals surface area contributed by atoms with E-state index in [4.69, 9.17) is 4.74 Å². The minimum atomic E-state index is 0.795. The topological polar surface area (TPSA) is 52.0 Å². The van der Waals surface area contributed by atoms with Crippen LogP contribution < -0.4 is 10.1 Å². The van der Waals surface area contributed by atoms with Gasteiger partial charge >= 0.3 is 0 Å². The van der Waals surface area contributed by atoms with Crippen molar-refractivity contribution in [1.82, 2.24) is 20.3 Å². The third-order valence-corrected chi connectivity index (χ3v) is 3.19. The molecule has 0 fully saturated rings. The maximum absolute atomic E-state index is 5.41. The highest BCUT2D eigenvalue weighted by Crippen LogP contribution is 2.26. The van der Waals surface area contributed by atoms with E-state index < -0.39 is 0 Å². The second-order valence-electron chi connectivity index (χ2n) is 4.65. The molecule has 108 valence electrons. The molecular formula is C15H22N4O. The Morgan fingerprint density at radius 1 is 1.30 bits per heavy atom. The van der Waals surface area contributed by atoms with Crippen molar-refractivity contribution in [1.29, 1.82) is 0 Å². The van der Waals surface area contributed by atoms with Gasteiger partial charge in [-0.05, 0) is 31.2 Å². The molecule has 0 aliphatic rings. The summed E-state index contributed by atoms with van der Waals surface area (Å²) in [7, 11) is 1.70. The number of nitrogens with one attached hydrogen (secondary N) is 1.